The highest BCUT2D eigenvalue weighted by atomic mass is 16.5. The Morgan fingerprint density at radius 1 is 1.28 bits per heavy atom. The molecule has 1 saturated carbocycles. The number of hydrogen-bond acceptors (Lipinski definition) is 5. The van der Waals surface area contributed by atoms with Gasteiger partial charge < -0.3 is 9.64 Å². The van der Waals surface area contributed by atoms with E-state index in [4.69, 9.17) is 4.74 Å². The van der Waals surface area contributed by atoms with Crippen molar-refractivity contribution in [3.8, 4) is 5.88 Å². The van der Waals surface area contributed by atoms with Gasteiger partial charge in [-0.25, -0.2) is 9.67 Å². The van der Waals surface area contributed by atoms with Gasteiger partial charge in [0.15, 0.2) is 0 Å². The highest BCUT2D eigenvalue weighted by Crippen LogP contribution is 2.39. The van der Waals surface area contributed by atoms with E-state index in [0.29, 0.717) is 23.9 Å². The Hall–Kier alpha value is -2.44. The van der Waals surface area contributed by atoms with Gasteiger partial charge in [-0.2, -0.15) is 0 Å². The fourth-order valence-corrected chi connectivity index (χ4v) is 3.18. The molecule has 2 aliphatic rings. The predicted molar refractivity (Wildman–Crippen MR) is 91.6 cm³/mol. The number of amides is 1. The van der Waals surface area contributed by atoms with E-state index in [1.165, 1.54) is 12.8 Å². The van der Waals surface area contributed by atoms with Crippen molar-refractivity contribution in [2.75, 3.05) is 13.1 Å². The van der Waals surface area contributed by atoms with Gasteiger partial charge in [0.05, 0.1) is 23.4 Å². The van der Waals surface area contributed by atoms with Crippen LogP contribution in [0.25, 0.3) is 0 Å². The monoisotopic (exact) mass is 341 g/mol. The Morgan fingerprint density at radius 2 is 2.12 bits per heavy atom. The number of hydrogen-bond donors (Lipinski definition) is 0. The smallest absolute Gasteiger partial charge is 0.255 e. The molecule has 0 bridgehead atoms. The third-order valence-electron chi connectivity index (χ3n) is 4.69. The van der Waals surface area contributed by atoms with Crippen LogP contribution < -0.4 is 4.74 Å². The summed E-state index contributed by atoms with van der Waals surface area (Å²) in [6.07, 6.45) is 7.05. The van der Waals surface area contributed by atoms with E-state index in [-0.39, 0.29) is 18.1 Å². The zero-order chi connectivity index (χ0) is 17.4. The van der Waals surface area contributed by atoms with Crippen molar-refractivity contribution in [3.05, 3.63) is 35.8 Å². The largest absolute Gasteiger partial charge is 0.475 e. The van der Waals surface area contributed by atoms with Gasteiger partial charge in [0.1, 0.15) is 0 Å². The molecule has 2 aromatic rings. The summed E-state index contributed by atoms with van der Waals surface area (Å²) in [5.41, 5.74) is 1.68. The van der Waals surface area contributed by atoms with Crippen LogP contribution in [0.5, 0.6) is 5.88 Å². The number of ether oxygens (including phenoxy) is 1. The number of pyridine rings is 1. The first kappa shape index (κ1) is 16.1. The van der Waals surface area contributed by atoms with Crippen LogP contribution in [-0.2, 0) is 0 Å². The van der Waals surface area contributed by atoms with Crippen molar-refractivity contribution in [1.82, 2.24) is 24.9 Å². The fourth-order valence-electron chi connectivity index (χ4n) is 3.18. The average Bonchev–Trinajstić information content (AvgIpc) is 3.13. The molecule has 1 aliphatic carbocycles. The van der Waals surface area contributed by atoms with Crippen molar-refractivity contribution < 1.29 is 9.53 Å². The lowest BCUT2D eigenvalue weighted by Gasteiger charge is -2.16. The lowest BCUT2D eigenvalue weighted by molar-refractivity contribution is 0.0786. The van der Waals surface area contributed by atoms with Gasteiger partial charge >= 0.3 is 0 Å². The van der Waals surface area contributed by atoms with Gasteiger partial charge in [-0.15, -0.1) is 5.10 Å². The molecular weight excluding hydrogens is 318 g/mol. The van der Waals surface area contributed by atoms with Crippen molar-refractivity contribution in [2.24, 2.45) is 0 Å². The van der Waals surface area contributed by atoms with E-state index in [2.05, 4.69) is 21.5 Å². The van der Waals surface area contributed by atoms with Crippen molar-refractivity contribution in [1.29, 1.82) is 0 Å². The summed E-state index contributed by atoms with van der Waals surface area (Å²) in [5.74, 6) is 1.15. The third-order valence-corrected chi connectivity index (χ3v) is 4.69. The molecule has 0 spiro atoms. The summed E-state index contributed by atoms with van der Waals surface area (Å²) >= 11 is 0. The van der Waals surface area contributed by atoms with Crippen molar-refractivity contribution in [2.45, 2.75) is 51.2 Å². The van der Waals surface area contributed by atoms with Crippen LogP contribution in [0.15, 0.2) is 24.5 Å². The minimum atomic E-state index is 0.00799. The van der Waals surface area contributed by atoms with Crippen LogP contribution in [0, 0.1) is 0 Å². The maximum Gasteiger partial charge on any atom is 0.255 e. The molecule has 7 heteroatoms. The molecule has 1 saturated heterocycles. The van der Waals surface area contributed by atoms with Crippen LogP contribution in [-0.4, -0.2) is 50.0 Å². The second-order valence-electron chi connectivity index (χ2n) is 7.14. The van der Waals surface area contributed by atoms with Gasteiger partial charge in [-0.3, -0.25) is 4.79 Å². The number of carbonyl (C=O) groups excluding carboxylic acids is 1. The molecule has 3 heterocycles. The van der Waals surface area contributed by atoms with E-state index in [9.17, 15) is 4.79 Å². The molecule has 7 nitrogen and oxygen atoms in total. The topological polar surface area (TPSA) is 73.1 Å². The second-order valence-corrected chi connectivity index (χ2v) is 7.14. The Labute approximate surface area is 147 Å². The molecule has 1 aliphatic heterocycles. The first-order valence-electron chi connectivity index (χ1n) is 8.94. The van der Waals surface area contributed by atoms with E-state index >= 15 is 0 Å². The van der Waals surface area contributed by atoms with Crippen molar-refractivity contribution >= 4 is 5.91 Å². The number of likely N-dealkylation sites (tertiary alicyclic amines) is 1. The highest BCUT2D eigenvalue weighted by Gasteiger charge is 2.31. The molecule has 4 rings (SSSR count). The molecule has 1 amide bonds. The number of nitrogens with zero attached hydrogens (tertiary/aromatic N) is 5. The van der Waals surface area contributed by atoms with Gasteiger partial charge in [-0.1, -0.05) is 5.21 Å². The summed E-state index contributed by atoms with van der Waals surface area (Å²) < 4.78 is 7.45. The normalized spacial score (nSPS) is 20.3. The number of rotatable bonds is 5. The molecule has 0 unspecified atom stereocenters. The SMILES string of the molecule is CC(C)Oc1ccc(C(=O)N2CC[C@@H](n3cc(C4CC4)nn3)C2)cn1. The zero-order valence-corrected chi connectivity index (χ0v) is 14.6. The average molecular weight is 341 g/mol. The third kappa shape index (κ3) is 3.50. The standard InChI is InChI=1S/C18H23N5O2/c1-12(2)25-17-6-5-14(9-19-17)18(24)22-8-7-15(10-22)23-11-16(20-21-23)13-3-4-13/h5-6,9,11-13,15H,3-4,7-8,10H2,1-2H3/t15-/m1/s1. The molecule has 1 atom stereocenters. The van der Waals surface area contributed by atoms with Crippen LogP contribution in [0.1, 0.15) is 61.1 Å². The van der Waals surface area contributed by atoms with Gasteiger partial charge in [0.2, 0.25) is 5.88 Å². The quantitative estimate of drug-likeness (QED) is 0.835. The molecule has 0 aromatic carbocycles. The lowest BCUT2D eigenvalue weighted by Crippen LogP contribution is -2.29. The summed E-state index contributed by atoms with van der Waals surface area (Å²) in [6.45, 7) is 5.29. The van der Waals surface area contributed by atoms with E-state index < -0.39 is 0 Å². The summed E-state index contributed by atoms with van der Waals surface area (Å²) in [4.78, 5) is 18.8. The molecular formula is C18H23N5O2. The number of carbonyl (C=O) groups is 1. The van der Waals surface area contributed by atoms with Crippen LogP contribution in [0.2, 0.25) is 0 Å². The summed E-state index contributed by atoms with van der Waals surface area (Å²) in [7, 11) is 0. The second kappa shape index (κ2) is 6.46. The Morgan fingerprint density at radius 3 is 2.80 bits per heavy atom. The number of aromatic nitrogens is 4. The van der Waals surface area contributed by atoms with Gasteiger partial charge in [-0.05, 0) is 39.2 Å². The van der Waals surface area contributed by atoms with Crippen molar-refractivity contribution in [3.63, 3.8) is 0 Å². The maximum atomic E-state index is 12.7. The molecule has 2 aromatic heterocycles. The summed E-state index contributed by atoms with van der Waals surface area (Å²) in [5, 5.41) is 8.53. The fraction of sp³-hybridized carbons (Fsp3) is 0.556. The minimum absolute atomic E-state index is 0.00799. The van der Waals surface area contributed by atoms with Gasteiger partial charge in [0.25, 0.3) is 5.91 Å². The van der Waals surface area contributed by atoms with Crippen LogP contribution >= 0.6 is 0 Å². The minimum Gasteiger partial charge on any atom is -0.475 e. The molecule has 0 radical (unpaired) electrons. The highest BCUT2D eigenvalue weighted by molar-refractivity contribution is 5.94. The Kier molecular flexibility index (Phi) is 4.15. The summed E-state index contributed by atoms with van der Waals surface area (Å²) in [6, 6.07) is 3.74. The van der Waals surface area contributed by atoms with E-state index in [1.807, 2.05) is 23.4 Å². The maximum absolute atomic E-state index is 12.7. The van der Waals surface area contributed by atoms with Gasteiger partial charge in [0, 0.05) is 37.5 Å². The van der Waals surface area contributed by atoms with Crippen LogP contribution in [0.3, 0.4) is 0 Å². The molecule has 2 fully saturated rings. The zero-order valence-electron chi connectivity index (χ0n) is 14.6. The predicted octanol–water partition coefficient (Wildman–Crippen LogP) is 2.42. The molecule has 25 heavy (non-hydrogen) atoms. The first-order valence-corrected chi connectivity index (χ1v) is 8.94. The first-order chi connectivity index (χ1) is 12.1. The van der Waals surface area contributed by atoms with E-state index in [1.54, 1.807) is 18.3 Å². The Bertz CT molecular complexity index is 751. The Balaban J connectivity index is 1.39. The molecule has 0 N–H and O–H groups in total. The van der Waals surface area contributed by atoms with E-state index in [0.717, 1.165) is 18.7 Å². The molecule has 132 valence electrons. The van der Waals surface area contributed by atoms with Crippen LogP contribution in [0.4, 0.5) is 0 Å². The lowest BCUT2D eigenvalue weighted by atomic mass is 10.2.